The first-order valence-corrected chi connectivity index (χ1v) is 6.72. The van der Waals surface area contributed by atoms with E-state index in [0.29, 0.717) is 17.3 Å². The number of amides is 1. The second-order valence-corrected chi connectivity index (χ2v) is 4.75. The average Bonchev–Trinajstić information content (AvgIpc) is 2.78. The molecule has 0 saturated heterocycles. The molecule has 0 unspecified atom stereocenters. The van der Waals surface area contributed by atoms with Crippen LogP contribution in [0.3, 0.4) is 0 Å². The van der Waals surface area contributed by atoms with E-state index in [1.54, 1.807) is 12.1 Å². The van der Waals surface area contributed by atoms with Gasteiger partial charge in [-0.25, -0.2) is 0 Å². The fourth-order valence-electron chi connectivity index (χ4n) is 1.72. The van der Waals surface area contributed by atoms with Crippen LogP contribution in [0.2, 0.25) is 5.02 Å². The Morgan fingerprint density at radius 3 is 3.05 bits per heavy atom. The van der Waals surface area contributed by atoms with Gasteiger partial charge in [-0.1, -0.05) is 24.9 Å². The van der Waals surface area contributed by atoms with Crippen molar-refractivity contribution in [1.82, 2.24) is 5.32 Å². The molecule has 100 valence electrons. The molecule has 0 aliphatic rings. The summed E-state index contributed by atoms with van der Waals surface area (Å²) in [7, 11) is 0. The number of benzene rings is 1. The van der Waals surface area contributed by atoms with Crippen LogP contribution in [0, 0.1) is 0 Å². The summed E-state index contributed by atoms with van der Waals surface area (Å²) in [6.45, 7) is 2.79. The maximum Gasteiger partial charge on any atom is 0.244 e. The van der Waals surface area contributed by atoms with Crippen LogP contribution in [0.25, 0.3) is 17.0 Å². The first-order valence-electron chi connectivity index (χ1n) is 6.34. The third-order valence-electron chi connectivity index (χ3n) is 2.73. The van der Waals surface area contributed by atoms with Crippen LogP contribution in [-0.4, -0.2) is 12.5 Å². The second-order valence-electron chi connectivity index (χ2n) is 4.31. The average molecular weight is 278 g/mol. The summed E-state index contributed by atoms with van der Waals surface area (Å²) in [5, 5.41) is 4.41. The van der Waals surface area contributed by atoms with Gasteiger partial charge in [0.2, 0.25) is 5.91 Å². The van der Waals surface area contributed by atoms with Crippen LogP contribution >= 0.6 is 11.6 Å². The summed E-state index contributed by atoms with van der Waals surface area (Å²) in [4.78, 5) is 11.5. The zero-order valence-electron chi connectivity index (χ0n) is 10.8. The maximum atomic E-state index is 11.5. The first-order chi connectivity index (χ1) is 9.19. The molecule has 1 aromatic heterocycles. The molecule has 0 aliphatic carbocycles. The lowest BCUT2D eigenvalue weighted by atomic mass is 10.2. The van der Waals surface area contributed by atoms with Crippen LogP contribution in [-0.2, 0) is 4.79 Å². The molecule has 3 nitrogen and oxygen atoms in total. The molecule has 0 bridgehead atoms. The minimum atomic E-state index is -0.105. The summed E-state index contributed by atoms with van der Waals surface area (Å²) in [6.07, 6.45) is 5.20. The molecule has 2 rings (SSSR count). The largest absolute Gasteiger partial charge is 0.457 e. The van der Waals surface area contributed by atoms with Crippen molar-refractivity contribution in [3.63, 3.8) is 0 Å². The Morgan fingerprint density at radius 1 is 1.42 bits per heavy atom. The first kappa shape index (κ1) is 13.7. The number of carbonyl (C=O) groups excluding carboxylic acids is 1. The van der Waals surface area contributed by atoms with Crippen molar-refractivity contribution in [3.05, 3.63) is 41.1 Å². The minimum absolute atomic E-state index is 0.105. The Bertz CT molecular complexity index is 601. The number of unbranched alkanes of at least 4 members (excludes halogenated alkanes) is 1. The predicted octanol–water partition coefficient (Wildman–Crippen LogP) is 4.02. The van der Waals surface area contributed by atoms with E-state index in [2.05, 4.69) is 12.2 Å². The highest BCUT2D eigenvalue weighted by atomic mass is 35.5. The molecule has 1 amide bonds. The Hall–Kier alpha value is -1.74. The number of carbonyl (C=O) groups is 1. The third kappa shape index (κ3) is 3.86. The summed E-state index contributed by atoms with van der Waals surface area (Å²) in [5.41, 5.74) is 0.760. The molecule has 1 aromatic carbocycles. The van der Waals surface area contributed by atoms with Crippen LogP contribution in [0.4, 0.5) is 0 Å². The number of rotatable bonds is 5. The Balaban J connectivity index is 2.02. The molecule has 0 spiro atoms. The van der Waals surface area contributed by atoms with Gasteiger partial charge in [-0.2, -0.15) is 0 Å². The number of halogens is 1. The van der Waals surface area contributed by atoms with Gasteiger partial charge in [0.1, 0.15) is 11.3 Å². The van der Waals surface area contributed by atoms with E-state index in [4.69, 9.17) is 16.0 Å². The Labute approximate surface area is 117 Å². The fraction of sp³-hybridized carbons (Fsp3) is 0.267. The van der Waals surface area contributed by atoms with Gasteiger partial charge in [-0.05, 0) is 36.8 Å². The van der Waals surface area contributed by atoms with Crippen molar-refractivity contribution in [3.8, 4) is 0 Å². The molecule has 1 heterocycles. The highest BCUT2D eigenvalue weighted by Gasteiger charge is 2.02. The Kier molecular flexibility index (Phi) is 4.63. The van der Waals surface area contributed by atoms with Crippen LogP contribution < -0.4 is 5.32 Å². The summed E-state index contributed by atoms with van der Waals surface area (Å²) < 4.78 is 5.57. The van der Waals surface area contributed by atoms with E-state index in [1.165, 1.54) is 6.08 Å². The van der Waals surface area contributed by atoms with Gasteiger partial charge in [0.25, 0.3) is 0 Å². The lowest BCUT2D eigenvalue weighted by Crippen LogP contribution is -2.21. The summed E-state index contributed by atoms with van der Waals surface area (Å²) >= 11 is 5.90. The number of hydrogen-bond acceptors (Lipinski definition) is 2. The number of hydrogen-bond donors (Lipinski definition) is 1. The van der Waals surface area contributed by atoms with E-state index in [1.807, 2.05) is 18.2 Å². The molecule has 0 aliphatic heterocycles. The number of furan rings is 1. The molecule has 0 saturated carbocycles. The zero-order chi connectivity index (χ0) is 13.7. The van der Waals surface area contributed by atoms with Crippen LogP contribution in [0.1, 0.15) is 25.5 Å². The zero-order valence-corrected chi connectivity index (χ0v) is 11.5. The van der Waals surface area contributed by atoms with E-state index in [9.17, 15) is 4.79 Å². The number of nitrogens with one attached hydrogen (secondary N) is 1. The highest BCUT2D eigenvalue weighted by Crippen LogP contribution is 2.23. The molecule has 2 aromatic rings. The van der Waals surface area contributed by atoms with E-state index in [-0.39, 0.29) is 5.91 Å². The van der Waals surface area contributed by atoms with Crippen molar-refractivity contribution in [1.29, 1.82) is 0 Å². The summed E-state index contributed by atoms with van der Waals surface area (Å²) in [6, 6.07) is 7.28. The Morgan fingerprint density at radius 2 is 2.26 bits per heavy atom. The lowest BCUT2D eigenvalue weighted by Gasteiger charge is -1.98. The quantitative estimate of drug-likeness (QED) is 0.663. The van der Waals surface area contributed by atoms with Gasteiger partial charge in [0, 0.05) is 23.0 Å². The highest BCUT2D eigenvalue weighted by molar-refractivity contribution is 6.31. The molecule has 4 heteroatoms. The van der Waals surface area contributed by atoms with Crippen molar-refractivity contribution >= 4 is 34.6 Å². The van der Waals surface area contributed by atoms with Gasteiger partial charge in [-0.15, -0.1) is 0 Å². The topological polar surface area (TPSA) is 42.2 Å². The van der Waals surface area contributed by atoms with Crippen molar-refractivity contribution in [2.24, 2.45) is 0 Å². The molecule has 0 fully saturated rings. The van der Waals surface area contributed by atoms with Crippen molar-refractivity contribution in [2.45, 2.75) is 19.8 Å². The molecular formula is C15H16ClNO2. The third-order valence-corrected chi connectivity index (χ3v) is 2.96. The van der Waals surface area contributed by atoms with Gasteiger partial charge >= 0.3 is 0 Å². The predicted molar refractivity (Wildman–Crippen MR) is 78.2 cm³/mol. The van der Waals surface area contributed by atoms with Gasteiger partial charge < -0.3 is 9.73 Å². The summed E-state index contributed by atoms with van der Waals surface area (Å²) in [5.74, 6) is 0.537. The molecule has 0 atom stereocenters. The maximum absolute atomic E-state index is 11.5. The fourth-order valence-corrected chi connectivity index (χ4v) is 1.90. The van der Waals surface area contributed by atoms with Crippen LogP contribution in [0.5, 0.6) is 0 Å². The van der Waals surface area contributed by atoms with Crippen molar-refractivity contribution < 1.29 is 9.21 Å². The van der Waals surface area contributed by atoms with E-state index in [0.717, 1.165) is 23.8 Å². The van der Waals surface area contributed by atoms with Crippen molar-refractivity contribution in [2.75, 3.05) is 6.54 Å². The van der Waals surface area contributed by atoms with E-state index < -0.39 is 0 Å². The van der Waals surface area contributed by atoms with Gasteiger partial charge in [0.05, 0.1) is 0 Å². The molecular weight excluding hydrogens is 262 g/mol. The molecule has 1 N–H and O–H groups in total. The smallest absolute Gasteiger partial charge is 0.244 e. The monoisotopic (exact) mass is 277 g/mol. The second kappa shape index (κ2) is 6.43. The molecule has 0 radical (unpaired) electrons. The standard InChI is InChI=1S/C15H16ClNO2/c1-2-3-8-17-15(18)7-5-13-10-11-9-12(16)4-6-14(11)19-13/h4-7,9-10H,2-3,8H2,1H3,(H,17,18)/b7-5+. The van der Waals surface area contributed by atoms with E-state index >= 15 is 0 Å². The lowest BCUT2D eigenvalue weighted by molar-refractivity contribution is -0.116. The SMILES string of the molecule is CCCCNC(=O)/C=C/c1cc2cc(Cl)ccc2o1. The van der Waals surface area contributed by atoms with Crippen LogP contribution in [0.15, 0.2) is 34.8 Å². The van der Waals surface area contributed by atoms with Gasteiger partial charge in [-0.3, -0.25) is 4.79 Å². The molecule has 19 heavy (non-hydrogen) atoms. The minimum Gasteiger partial charge on any atom is -0.457 e. The normalized spacial score (nSPS) is 11.3. The number of fused-ring (bicyclic) bond motifs is 1. The van der Waals surface area contributed by atoms with Gasteiger partial charge in [0.15, 0.2) is 0 Å².